The van der Waals surface area contributed by atoms with Gasteiger partial charge in [0.25, 0.3) is 0 Å². The Hall–Kier alpha value is -6.06. The third kappa shape index (κ3) is 5.06. The zero-order chi connectivity index (χ0) is 33.0. The first-order chi connectivity index (χ1) is 24.0. The highest BCUT2D eigenvalue weighted by Crippen LogP contribution is 2.49. The van der Waals surface area contributed by atoms with Crippen molar-refractivity contribution in [3.05, 3.63) is 192 Å². The number of benzene rings is 7. The maximum atomic E-state index is 5.24. The second kappa shape index (κ2) is 11.6. The molecule has 3 heteroatoms. The van der Waals surface area contributed by atoms with Crippen molar-refractivity contribution in [3.63, 3.8) is 0 Å². The molecule has 3 nitrogen and oxygen atoms in total. The molecule has 2 aliphatic rings. The third-order valence-electron chi connectivity index (χ3n) is 10.1. The molecule has 0 radical (unpaired) electrons. The van der Waals surface area contributed by atoms with Crippen molar-refractivity contribution in [3.8, 4) is 33.4 Å². The van der Waals surface area contributed by atoms with E-state index in [0.717, 1.165) is 39.5 Å². The Morgan fingerprint density at radius 2 is 0.959 bits per heavy atom. The average molecular weight is 630 g/mol. The fourth-order valence-electron chi connectivity index (χ4n) is 7.52. The maximum absolute atomic E-state index is 5.24. The Balaban J connectivity index is 1.15. The molecule has 234 valence electrons. The molecule has 49 heavy (non-hydrogen) atoms. The summed E-state index contributed by atoms with van der Waals surface area (Å²) < 4.78 is 0. The lowest BCUT2D eigenvalue weighted by Crippen LogP contribution is -2.36. The third-order valence-corrected chi connectivity index (χ3v) is 10.1. The van der Waals surface area contributed by atoms with Crippen LogP contribution >= 0.6 is 0 Å². The van der Waals surface area contributed by atoms with Crippen molar-refractivity contribution < 1.29 is 0 Å². The van der Waals surface area contributed by atoms with Crippen molar-refractivity contribution in [2.24, 2.45) is 9.98 Å². The number of amidine groups is 2. The van der Waals surface area contributed by atoms with E-state index in [-0.39, 0.29) is 5.41 Å². The molecular weight excluding hydrogens is 595 g/mol. The molecule has 0 amide bonds. The summed E-state index contributed by atoms with van der Waals surface area (Å²) in [5.41, 5.74) is 13.3. The van der Waals surface area contributed by atoms with E-state index in [0.29, 0.717) is 0 Å². The van der Waals surface area contributed by atoms with Gasteiger partial charge in [-0.15, -0.1) is 0 Å². The van der Waals surface area contributed by atoms with Gasteiger partial charge in [0.1, 0.15) is 11.7 Å². The zero-order valence-electron chi connectivity index (χ0n) is 27.6. The first-order valence-corrected chi connectivity index (χ1v) is 16.9. The molecule has 7 aromatic carbocycles. The smallest absolute Gasteiger partial charge is 0.170 e. The number of fused-ring (bicyclic) bond motifs is 4. The molecule has 0 spiro atoms. The summed E-state index contributed by atoms with van der Waals surface area (Å²) >= 11 is 0. The predicted octanol–water partition coefficient (Wildman–Crippen LogP) is 11.0. The summed E-state index contributed by atoms with van der Waals surface area (Å²) in [6, 6.07) is 58.5. The Labute approximate surface area is 287 Å². The minimum absolute atomic E-state index is 0.0328. The van der Waals surface area contributed by atoms with E-state index < -0.39 is 6.17 Å². The van der Waals surface area contributed by atoms with Gasteiger partial charge in [0.2, 0.25) is 0 Å². The van der Waals surface area contributed by atoms with E-state index in [9.17, 15) is 0 Å². The van der Waals surface area contributed by atoms with Crippen molar-refractivity contribution in [1.29, 1.82) is 0 Å². The molecule has 1 aliphatic heterocycles. The predicted molar refractivity (Wildman–Crippen MR) is 204 cm³/mol. The molecule has 0 aromatic heterocycles. The highest BCUT2D eigenvalue weighted by atomic mass is 15.2. The summed E-state index contributed by atoms with van der Waals surface area (Å²) in [5, 5.41) is 5.90. The van der Waals surface area contributed by atoms with E-state index in [1.807, 2.05) is 36.4 Å². The standard InChI is InChI=1S/C46H35N3/c1-46(2)41-20-12-11-19-37(41)38-26-25-36(29-42(38)46)30-21-23-31(24-22-30)39-27-34-17-9-10-18-35(34)28-40(39)45-48-43(32-13-5-3-6-14-32)47-44(49-45)33-15-7-4-8-16-33/h3-29,45H,1-2H3,(H,47,48,49). The Kier molecular flexibility index (Phi) is 6.87. The summed E-state index contributed by atoms with van der Waals surface area (Å²) in [5.74, 6) is 1.63. The molecule has 9 rings (SSSR count). The monoisotopic (exact) mass is 629 g/mol. The number of nitrogens with zero attached hydrogens (tertiary/aromatic N) is 2. The van der Waals surface area contributed by atoms with Gasteiger partial charge in [-0.05, 0) is 73.5 Å². The van der Waals surface area contributed by atoms with Gasteiger partial charge in [-0.1, -0.05) is 159 Å². The van der Waals surface area contributed by atoms with Crippen molar-refractivity contribution in [2.75, 3.05) is 0 Å². The molecule has 0 saturated carbocycles. The molecule has 7 aromatic rings. The Morgan fingerprint density at radius 3 is 1.63 bits per heavy atom. The zero-order valence-corrected chi connectivity index (χ0v) is 27.6. The van der Waals surface area contributed by atoms with Gasteiger partial charge >= 0.3 is 0 Å². The van der Waals surface area contributed by atoms with Gasteiger partial charge in [-0.2, -0.15) is 0 Å². The second-order valence-electron chi connectivity index (χ2n) is 13.5. The first kappa shape index (κ1) is 29.1. The van der Waals surface area contributed by atoms with Crippen LogP contribution < -0.4 is 5.32 Å². The van der Waals surface area contributed by atoms with Crippen LogP contribution in [0.4, 0.5) is 0 Å². The van der Waals surface area contributed by atoms with Crippen LogP contribution in [0.2, 0.25) is 0 Å². The van der Waals surface area contributed by atoms with Crippen molar-refractivity contribution >= 4 is 22.4 Å². The van der Waals surface area contributed by atoms with Crippen LogP contribution in [-0.2, 0) is 5.41 Å². The minimum Gasteiger partial charge on any atom is -0.324 e. The van der Waals surface area contributed by atoms with Gasteiger partial charge in [0, 0.05) is 22.1 Å². The highest BCUT2D eigenvalue weighted by molar-refractivity contribution is 6.16. The van der Waals surface area contributed by atoms with E-state index in [1.54, 1.807) is 0 Å². The van der Waals surface area contributed by atoms with Gasteiger partial charge in [-0.25, -0.2) is 9.98 Å². The van der Waals surface area contributed by atoms with Crippen LogP contribution in [0, 0.1) is 0 Å². The summed E-state index contributed by atoms with van der Waals surface area (Å²) in [4.78, 5) is 10.5. The van der Waals surface area contributed by atoms with E-state index in [4.69, 9.17) is 9.98 Å². The SMILES string of the molecule is CC1(C)c2ccccc2-c2ccc(-c3ccc(-c4cc5ccccc5cc4C4N=C(c5ccccc5)NC(c5ccccc5)=N4)cc3)cc21. The normalized spacial score (nSPS) is 14.8. The Morgan fingerprint density at radius 1 is 0.429 bits per heavy atom. The molecule has 1 heterocycles. The fraction of sp³-hybridized carbons (Fsp3) is 0.0870. The number of hydrogen-bond donors (Lipinski definition) is 1. The van der Waals surface area contributed by atoms with Crippen LogP contribution in [0.1, 0.15) is 47.8 Å². The lowest BCUT2D eigenvalue weighted by atomic mass is 9.81. The van der Waals surface area contributed by atoms with Gasteiger partial charge in [0.15, 0.2) is 6.17 Å². The molecule has 0 atom stereocenters. The molecule has 1 N–H and O–H groups in total. The molecule has 0 unspecified atom stereocenters. The highest BCUT2D eigenvalue weighted by Gasteiger charge is 2.35. The van der Waals surface area contributed by atoms with Crippen LogP contribution in [0.5, 0.6) is 0 Å². The number of nitrogens with one attached hydrogen (secondary N) is 1. The summed E-state index contributed by atoms with van der Waals surface area (Å²) in [7, 11) is 0. The van der Waals surface area contributed by atoms with Crippen LogP contribution in [0.25, 0.3) is 44.2 Å². The van der Waals surface area contributed by atoms with E-state index in [1.165, 1.54) is 44.2 Å². The van der Waals surface area contributed by atoms with Crippen LogP contribution in [0.3, 0.4) is 0 Å². The molecular formula is C46H35N3. The van der Waals surface area contributed by atoms with E-state index in [2.05, 4.69) is 147 Å². The topological polar surface area (TPSA) is 36.8 Å². The maximum Gasteiger partial charge on any atom is 0.170 e. The fourth-order valence-corrected chi connectivity index (χ4v) is 7.52. The lowest BCUT2D eigenvalue weighted by Gasteiger charge is -2.24. The summed E-state index contributed by atoms with van der Waals surface area (Å²) in [6.45, 7) is 4.67. The summed E-state index contributed by atoms with van der Waals surface area (Å²) in [6.07, 6.45) is -0.425. The molecule has 1 aliphatic carbocycles. The Bertz CT molecular complexity index is 2360. The number of hydrogen-bond acceptors (Lipinski definition) is 3. The first-order valence-electron chi connectivity index (χ1n) is 16.9. The van der Waals surface area contributed by atoms with Crippen LogP contribution in [-0.4, -0.2) is 11.7 Å². The molecule has 0 saturated heterocycles. The van der Waals surface area contributed by atoms with Crippen LogP contribution in [0.15, 0.2) is 174 Å². The van der Waals surface area contributed by atoms with Gasteiger partial charge < -0.3 is 5.32 Å². The van der Waals surface area contributed by atoms with Crippen molar-refractivity contribution in [2.45, 2.75) is 25.4 Å². The average Bonchev–Trinajstić information content (AvgIpc) is 3.40. The van der Waals surface area contributed by atoms with Gasteiger partial charge in [0.05, 0.1) is 0 Å². The quantitative estimate of drug-likeness (QED) is 0.202. The minimum atomic E-state index is -0.425. The largest absolute Gasteiger partial charge is 0.324 e. The van der Waals surface area contributed by atoms with Gasteiger partial charge in [-0.3, -0.25) is 0 Å². The molecule has 0 bridgehead atoms. The van der Waals surface area contributed by atoms with E-state index >= 15 is 0 Å². The molecule has 0 fully saturated rings. The second-order valence-corrected chi connectivity index (χ2v) is 13.5. The number of aliphatic imine (C=N–C) groups is 2. The van der Waals surface area contributed by atoms with Crippen molar-refractivity contribution in [1.82, 2.24) is 5.32 Å². The number of rotatable bonds is 5. The lowest BCUT2D eigenvalue weighted by molar-refractivity contribution is 0.660.